The molecule has 3 nitrogen and oxygen atoms in total. The molecule has 0 N–H and O–H groups in total. The first-order valence-electron chi connectivity index (χ1n) is 5.35. The lowest BCUT2D eigenvalue weighted by atomic mass is 10.2. The SMILES string of the molecule is C=CCN(CC=C)C(C)c1ccc(C(=O)Cl)o1. The summed E-state index contributed by atoms with van der Waals surface area (Å²) in [5.41, 5.74) is 0. The standard InChI is InChI=1S/C13H16ClNO2/c1-4-8-15(9-5-2)10(3)11-6-7-12(17-11)13(14)16/h4-7,10H,1-2,8-9H2,3H3. The lowest BCUT2D eigenvalue weighted by Crippen LogP contribution is -2.27. The van der Waals surface area contributed by atoms with Gasteiger partial charge in [0, 0.05) is 13.1 Å². The molecule has 0 amide bonds. The van der Waals surface area contributed by atoms with E-state index in [0.717, 1.165) is 13.1 Å². The third-order valence-electron chi connectivity index (χ3n) is 2.51. The predicted octanol–water partition coefficient (Wildman–Crippen LogP) is 3.39. The maximum atomic E-state index is 10.9. The molecule has 0 aromatic carbocycles. The van der Waals surface area contributed by atoms with Crippen LogP contribution in [0, 0.1) is 0 Å². The third-order valence-corrected chi connectivity index (χ3v) is 2.69. The van der Waals surface area contributed by atoms with E-state index in [0.29, 0.717) is 5.76 Å². The summed E-state index contributed by atoms with van der Waals surface area (Å²) < 4.78 is 5.39. The molecule has 1 unspecified atom stereocenters. The summed E-state index contributed by atoms with van der Waals surface area (Å²) in [7, 11) is 0. The summed E-state index contributed by atoms with van der Waals surface area (Å²) in [6, 6.07) is 3.39. The van der Waals surface area contributed by atoms with Crippen LogP contribution in [-0.2, 0) is 0 Å². The average molecular weight is 254 g/mol. The summed E-state index contributed by atoms with van der Waals surface area (Å²) in [6.45, 7) is 10.9. The molecule has 1 aromatic rings. The summed E-state index contributed by atoms with van der Waals surface area (Å²) >= 11 is 5.34. The van der Waals surface area contributed by atoms with Crippen molar-refractivity contribution in [3.05, 3.63) is 49.0 Å². The highest BCUT2D eigenvalue weighted by Gasteiger charge is 2.18. The zero-order valence-electron chi connectivity index (χ0n) is 9.86. The number of nitrogens with zero attached hydrogens (tertiary/aromatic N) is 1. The van der Waals surface area contributed by atoms with Gasteiger partial charge in [0.25, 0.3) is 5.24 Å². The minimum absolute atomic E-state index is 0.0377. The second-order valence-corrected chi connectivity index (χ2v) is 4.03. The van der Waals surface area contributed by atoms with Crippen molar-refractivity contribution in [3.8, 4) is 0 Å². The fraction of sp³-hybridized carbons (Fsp3) is 0.308. The number of carbonyl (C=O) groups excluding carboxylic acids is 1. The van der Waals surface area contributed by atoms with Gasteiger partial charge in [-0.05, 0) is 30.7 Å². The van der Waals surface area contributed by atoms with E-state index in [2.05, 4.69) is 18.1 Å². The number of carbonyl (C=O) groups is 1. The Labute approximate surface area is 106 Å². The summed E-state index contributed by atoms with van der Waals surface area (Å²) in [4.78, 5) is 13.0. The van der Waals surface area contributed by atoms with Crippen LogP contribution in [0.4, 0.5) is 0 Å². The Balaban J connectivity index is 2.83. The van der Waals surface area contributed by atoms with Crippen molar-refractivity contribution in [1.82, 2.24) is 4.90 Å². The Morgan fingerprint density at radius 2 is 2.06 bits per heavy atom. The van der Waals surface area contributed by atoms with Gasteiger partial charge in [0.2, 0.25) is 0 Å². The Morgan fingerprint density at radius 3 is 2.47 bits per heavy atom. The number of rotatable bonds is 7. The normalized spacial score (nSPS) is 12.4. The fourth-order valence-corrected chi connectivity index (χ4v) is 1.69. The van der Waals surface area contributed by atoms with E-state index in [1.54, 1.807) is 12.1 Å². The van der Waals surface area contributed by atoms with Crippen molar-refractivity contribution in [2.75, 3.05) is 13.1 Å². The lowest BCUT2D eigenvalue weighted by Gasteiger charge is -2.24. The van der Waals surface area contributed by atoms with Gasteiger partial charge < -0.3 is 4.42 Å². The molecule has 0 saturated carbocycles. The first kappa shape index (κ1) is 13.7. The predicted molar refractivity (Wildman–Crippen MR) is 69.3 cm³/mol. The van der Waals surface area contributed by atoms with Crippen molar-refractivity contribution in [1.29, 1.82) is 0 Å². The summed E-state index contributed by atoms with van der Waals surface area (Å²) in [5, 5.41) is -0.581. The van der Waals surface area contributed by atoms with E-state index in [1.807, 2.05) is 19.1 Å². The fourth-order valence-electron chi connectivity index (χ4n) is 1.59. The number of furan rings is 1. The van der Waals surface area contributed by atoms with Gasteiger partial charge in [-0.2, -0.15) is 0 Å². The molecule has 0 bridgehead atoms. The number of hydrogen-bond donors (Lipinski definition) is 0. The maximum Gasteiger partial charge on any atom is 0.287 e. The second kappa shape index (κ2) is 6.42. The molecule has 1 aromatic heterocycles. The van der Waals surface area contributed by atoms with Crippen molar-refractivity contribution in [2.24, 2.45) is 0 Å². The monoisotopic (exact) mass is 253 g/mol. The van der Waals surface area contributed by atoms with Crippen molar-refractivity contribution in [3.63, 3.8) is 0 Å². The topological polar surface area (TPSA) is 33.5 Å². The van der Waals surface area contributed by atoms with Crippen LogP contribution >= 0.6 is 11.6 Å². The molecule has 0 aliphatic heterocycles. The van der Waals surface area contributed by atoms with Gasteiger partial charge in [0.05, 0.1) is 6.04 Å². The minimum Gasteiger partial charge on any atom is -0.455 e. The molecule has 17 heavy (non-hydrogen) atoms. The Morgan fingerprint density at radius 1 is 1.47 bits per heavy atom. The average Bonchev–Trinajstić information content (AvgIpc) is 2.77. The quantitative estimate of drug-likeness (QED) is 0.552. The van der Waals surface area contributed by atoms with Crippen molar-refractivity contribution < 1.29 is 9.21 Å². The van der Waals surface area contributed by atoms with Gasteiger partial charge in [0.1, 0.15) is 5.76 Å². The largest absolute Gasteiger partial charge is 0.455 e. The molecule has 4 heteroatoms. The molecular weight excluding hydrogens is 238 g/mol. The van der Waals surface area contributed by atoms with Gasteiger partial charge in [-0.1, -0.05) is 12.2 Å². The van der Waals surface area contributed by atoms with E-state index in [1.165, 1.54) is 0 Å². The van der Waals surface area contributed by atoms with Crippen molar-refractivity contribution in [2.45, 2.75) is 13.0 Å². The minimum atomic E-state index is -0.581. The first-order chi connectivity index (χ1) is 8.10. The molecule has 0 radical (unpaired) electrons. The Kier molecular flexibility index (Phi) is 5.19. The molecule has 0 fully saturated rings. The van der Waals surface area contributed by atoms with Crippen LogP contribution in [0.3, 0.4) is 0 Å². The Bertz CT molecular complexity index is 401. The zero-order valence-corrected chi connectivity index (χ0v) is 10.6. The molecular formula is C13H16ClNO2. The molecule has 0 aliphatic carbocycles. The zero-order chi connectivity index (χ0) is 12.8. The number of hydrogen-bond acceptors (Lipinski definition) is 3. The highest BCUT2D eigenvalue weighted by Crippen LogP contribution is 2.23. The van der Waals surface area contributed by atoms with E-state index in [4.69, 9.17) is 16.0 Å². The lowest BCUT2D eigenvalue weighted by molar-refractivity contribution is 0.105. The second-order valence-electron chi connectivity index (χ2n) is 3.68. The maximum absolute atomic E-state index is 10.9. The van der Waals surface area contributed by atoms with Gasteiger partial charge in [0.15, 0.2) is 5.76 Å². The smallest absolute Gasteiger partial charge is 0.287 e. The van der Waals surface area contributed by atoms with E-state index >= 15 is 0 Å². The molecule has 1 heterocycles. The van der Waals surface area contributed by atoms with Crippen molar-refractivity contribution >= 4 is 16.8 Å². The van der Waals surface area contributed by atoms with Gasteiger partial charge >= 0.3 is 0 Å². The van der Waals surface area contributed by atoms with Crippen LogP contribution in [0.1, 0.15) is 29.3 Å². The molecule has 0 saturated heterocycles. The molecule has 92 valence electrons. The van der Waals surface area contributed by atoms with Crippen LogP contribution in [-0.4, -0.2) is 23.2 Å². The number of halogens is 1. The van der Waals surface area contributed by atoms with Gasteiger partial charge in [-0.3, -0.25) is 9.69 Å². The summed E-state index contributed by atoms with van der Waals surface area (Å²) in [6.07, 6.45) is 3.63. The third kappa shape index (κ3) is 3.58. The van der Waals surface area contributed by atoms with Gasteiger partial charge in [-0.15, -0.1) is 13.2 Å². The van der Waals surface area contributed by atoms with Crippen LogP contribution in [0.5, 0.6) is 0 Å². The van der Waals surface area contributed by atoms with Crippen LogP contribution in [0.15, 0.2) is 41.9 Å². The van der Waals surface area contributed by atoms with E-state index in [9.17, 15) is 4.79 Å². The van der Waals surface area contributed by atoms with E-state index < -0.39 is 5.24 Å². The summed E-state index contributed by atoms with van der Waals surface area (Å²) in [5.74, 6) is 0.878. The van der Waals surface area contributed by atoms with Crippen LogP contribution < -0.4 is 0 Å². The molecule has 1 rings (SSSR count). The van der Waals surface area contributed by atoms with Crippen LogP contribution in [0.25, 0.3) is 0 Å². The highest BCUT2D eigenvalue weighted by molar-refractivity contribution is 6.67. The molecule has 0 spiro atoms. The van der Waals surface area contributed by atoms with Crippen LogP contribution in [0.2, 0.25) is 0 Å². The molecule has 1 atom stereocenters. The highest BCUT2D eigenvalue weighted by atomic mass is 35.5. The molecule has 0 aliphatic rings. The first-order valence-corrected chi connectivity index (χ1v) is 5.73. The van der Waals surface area contributed by atoms with E-state index in [-0.39, 0.29) is 11.8 Å². The Hall–Kier alpha value is -1.32. The van der Waals surface area contributed by atoms with Gasteiger partial charge in [-0.25, -0.2) is 0 Å².